The van der Waals surface area contributed by atoms with Crippen LogP contribution in [0.5, 0.6) is 5.75 Å². The Morgan fingerprint density at radius 1 is 1.29 bits per heavy atom. The van der Waals surface area contributed by atoms with E-state index in [0.29, 0.717) is 13.2 Å². The zero-order valence-electron chi connectivity index (χ0n) is 10.4. The fraction of sp³-hybridized carbons (Fsp3) is 0.538. The van der Waals surface area contributed by atoms with Crippen molar-refractivity contribution in [3.8, 4) is 5.75 Å². The maximum Gasteiger partial charge on any atom is 0.124 e. The first-order valence-corrected chi connectivity index (χ1v) is 6.70. The molecule has 0 spiro atoms. The third-order valence-electron chi connectivity index (χ3n) is 2.30. The lowest BCUT2D eigenvalue weighted by molar-refractivity contribution is 0.100. The van der Waals surface area contributed by atoms with E-state index in [1.165, 1.54) is 0 Å². The van der Waals surface area contributed by atoms with Gasteiger partial charge in [-0.2, -0.15) is 0 Å². The summed E-state index contributed by atoms with van der Waals surface area (Å²) in [5.74, 6) is 0.836. The molecule has 0 saturated heterocycles. The predicted octanol–water partition coefficient (Wildman–Crippen LogP) is 3.27. The second-order valence-corrected chi connectivity index (χ2v) is 4.85. The van der Waals surface area contributed by atoms with Crippen molar-refractivity contribution in [1.82, 2.24) is 0 Å². The summed E-state index contributed by atoms with van der Waals surface area (Å²) in [7, 11) is 0. The molecule has 0 aliphatic rings. The molecule has 0 radical (unpaired) electrons. The Labute approximate surface area is 111 Å². The van der Waals surface area contributed by atoms with Gasteiger partial charge in [0.25, 0.3) is 0 Å². The Kier molecular flexibility index (Phi) is 6.55. The molecule has 1 aromatic rings. The molecule has 1 rings (SSSR count). The zero-order valence-corrected chi connectivity index (χ0v) is 12.0. The van der Waals surface area contributed by atoms with Gasteiger partial charge in [0.1, 0.15) is 12.4 Å². The number of halogens is 1. The standard InChI is InChI=1S/C13H20BrNO2/c1-3-6-16-7-8-17-13-5-4-11(14)9-12(13)10(2)15/h4-5,9-10H,3,6-8,15H2,1-2H3. The van der Waals surface area contributed by atoms with Crippen molar-refractivity contribution in [3.63, 3.8) is 0 Å². The molecule has 0 aromatic heterocycles. The Morgan fingerprint density at radius 2 is 2.06 bits per heavy atom. The van der Waals surface area contributed by atoms with E-state index >= 15 is 0 Å². The molecule has 0 aliphatic heterocycles. The summed E-state index contributed by atoms with van der Waals surface area (Å²) in [6.07, 6.45) is 1.03. The number of hydrogen-bond acceptors (Lipinski definition) is 3. The largest absolute Gasteiger partial charge is 0.491 e. The van der Waals surface area contributed by atoms with E-state index in [2.05, 4.69) is 22.9 Å². The highest BCUT2D eigenvalue weighted by Gasteiger charge is 2.08. The van der Waals surface area contributed by atoms with Crippen LogP contribution in [-0.2, 0) is 4.74 Å². The molecule has 0 heterocycles. The lowest BCUT2D eigenvalue weighted by atomic mass is 10.1. The zero-order chi connectivity index (χ0) is 12.7. The van der Waals surface area contributed by atoms with E-state index in [1.807, 2.05) is 25.1 Å². The first kappa shape index (κ1) is 14.5. The van der Waals surface area contributed by atoms with Crippen LogP contribution in [0.1, 0.15) is 31.9 Å². The van der Waals surface area contributed by atoms with Crippen molar-refractivity contribution >= 4 is 15.9 Å². The second-order valence-electron chi connectivity index (χ2n) is 3.93. The van der Waals surface area contributed by atoms with Gasteiger partial charge in [-0.1, -0.05) is 22.9 Å². The maximum atomic E-state index is 5.90. The molecule has 0 bridgehead atoms. The number of hydrogen-bond donors (Lipinski definition) is 1. The molecular weight excluding hydrogens is 282 g/mol. The minimum absolute atomic E-state index is 0.0425. The van der Waals surface area contributed by atoms with E-state index < -0.39 is 0 Å². The normalized spacial score (nSPS) is 12.5. The second kappa shape index (κ2) is 7.69. The molecule has 0 aliphatic carbocycles. The molecule has 0 saturated carbocycles. The van der Waals surface area contributed by atoms with Gasteiger partial charge in [0.05, 0.1) is 6.61 Å². The van der Waals surface area contributed by atoms with Gasteiger partial charge in [0, 0.05) is 22.7 Å². The SMILES string of the molecule is CCCOCCOc1ccc(Br)cc1C(C)N. The molecule has 1 unspecified atom stereocenters. The molecule has 4 heteroatoms. The van der Waals surface area contributed by atoms with Gasteiger partial charge >= 0.3 is 0 Å². The van der Waals surface area contributed by atoms with Gasteiger partial charge in [0.2, 0.25) is 0 Å². The van der Waals surface area contributed by atoms with E-state index in [4.69, 9.17) is 15.2 Å². The molecule has 1 aromatic carbocycles. The molecule has 1 atom stereocenters. The number of ether oxygens (including phenoxy) is 2. The van der Waals surface area contributed by atoms with E-state index in [-0.39, 0.29) is 6.04 Å². The molecule has 96 valence electrons. The van der Waals surface area contributed by atoms with Crippen molar-refractivity contribution in [2.24, 2.45) is 5.73 Å². The number of benzene rings is 1. The monoisotopic (exact) mass is 301 g/mol. The fourth-order valence-corrected chi connectivity index (χ4v) is 1.84. The molecule has 0 fully saturated rings. The van der Waals surface area contributed by atoms with Crippen LogP contribution in [0.3, 0.4) is 0 Å². The third-order valence-corrected chi connectivity index (χ3v) is 2.79. The Bertz CT molecular complexity index is 342. The number of nitrogens with two attached hydrogens (primary N) is 1. The maximum absolute atomic E-state index is 5.90. The molecule has 2 N–H and O–H groups in total. The molecule has 0 amide bonds. The Hall–Kier alpha value is -0.580. The van der Waals surface area contributed by atoms with Crippen molar-refractivity contribution in [3.05, 3.63) is 28.2 Å². The average Bonchev–Trinajstić information content (AvgIpc) is 2.30. The van der Waals surface area contributed by atoms with Gasteiger partial charge < -0.3 is 15.2 Å². The molecule has 17 heavy (non-hydrogen) atoms. The highest BCUT2D eigenvalue weighted by molar-refractivity contribution is 9.10. The summed E-state index contributed by atoms with van der Waals surface area (Å²) in [6, 6.07) is 5.84. The molecule has 3 nitrogen and oxygen atoms in total. The average molecular weight is 302 g/mol. The van der Waals surface area contributed by atoms with Gasteiger partial charge in [-0.15, -0.1) is 0 Å². The highest BCUT2D eigenvalue weighted by atomic mass is 79.9. The highest BCUT2D eigenvalue weighted by Crippen LogP contribution is 2.27. The third kappa shape index (κ3) is 5.06. The topological polar surface area (TPSA) is 44.5 Å². The summed E-state index contributed by atoms with van der Waals surface area (Å²) in [4.78, 5) is 0. The van der Waals surface area contributed by atoms with Crippen LogP contribution >= 0.6 is 15.9 Å². The fourth-order valence-electron chi connectivity index (χ4n) is 1.46. The van der Waals surface area contributed by atoms with Crippen LogP contribution in [-0.4, -0.2) is 19.8 Å². The summed E-state index contributed by atoms with van der Waals surface area (Å²) >= 11 is 3.43. The van der Waals surface area contributed by atoms with Crippen LogP contribution in [0.2, 0.25) is 0 Å². The smallest absolute Gasteiger partial charge is 0.124 e. The van der Waals surface area contributed by atoms with Gasteiger partial charge in [0.15, 0.2) is 0 Å². The summed E-state index contributed by atoms with van der Waals surface area (Å²) in [6.45, 7) is 5.99. The van der Waals surface area contributed by atoms with E-state index in [0.717, 1.165) is 28.8 Å². The van der Waals surface area contributed by atoms with Crippen molar-refractivity contribution in [2.75, 3.05) is 19.8 Å². The van der Waals surface area contributed by atoms with Crippen molar-refractivity contribution in [2.45, 2.75) is 26.3 Å². The van der Waals surface area contributed by atoms with Crippen LogP contribution in [0.4, 0.5) is 0 Å². The quantitative estimate of drug-likeness (QED) is 0.786. The lowest BCUT2D eigenvalue weighted by Gasteiger charge is -2.14. The number of rotatable bonds is 7. The first-order valence-electron chi connectivity index (χ1n) is 5.90. The molecular formula is C13H20BrNO2. The van der Waals surface area contributed by atoms with E-state index in [9.17, 15) is 0 Å². The van der Waals surface area contributed by atoms with Gasteiger partial charge in [-0.25, -0.2) is 0 Å². The van der Waals surface area contributed by atoms with Crippen LogP contribution in [0.15, 0.2) is 22.7 Å². The van der Waals surface area contributed by atoms with Crippen LogP contribution in [0.25, 0.3) is 0 Å². The summed E-state index contributed by atoms with van der Waals surface area (Å²) in [5.41, 5.74) is 6.91. The lowest BCUT2D eigenvalue weighted by Crippen LogP contribution is -2.11. The van der Waals surface area contributed by atoms with Crippen LogP contribution in [0, 0.1) is 0 Å². The summed E-state index contributed by atoms with van der Waals surface area (Å²) < 4.78 is 12.1. The van der Waals surface area contributed by atoms with Crippen LogP contribution < -0.4 is 10.5 Å². The Morgan fingerprint density at radius 3 is 2.71 bits per heavy atom. The van der Waals surface area contributed by atoms with Gasteiger partial charge in [-0.3, -0.25) is 0 Å². The van der Waals surface area contributed by atoms with Crippen molar-refractivity contribution in [1.29, 1.82) is 0 Å². The van der Waals surface area contributed by atoms with Crippen molar-refractivity contribution < 1.29 is 9.47 Å². The minimum Gasteiger partial charge on any atom is -0.491 e. The predicted molar refractivity (Wildman–Crippen MR) is 73.3 cm³/mol. The van der Waals surface area contributed by atoms with E-state index in [1.54, 1.807) is 0 Å². The Balaban J connectivity index is 2.52. The minimum atomic E-state index is -0.0425. The first-order chi connectivity index (χ1) is 8.15. The van der Waals surface area contributed by atoms with Gasteiger partial charge in [-0.05, 0) is 31.5 Å². The summed E-state index contributed by atoms with van der Waals surface area (Å²) in [5, 5.41) is 0.